The fourth-order valence-corrected chi connectivity index (χ4v) is 2.15. The number of hydrogen-bond donors (Lipinski definition) is 0. The molecule has 0 aromatic heterocycles. The summed E-state index contributed by atoms with van der Waals surface area (Å²) in [6, 6.07) is 19.2. The average molecular weight is 251 g/mol. The Morgan fingerprint density at radius 3 is 2.42 bits per heavy atom. The first-order valence-corrected chi connectivity index (χ1v) is 6.94. The van der Waals surface area contributed by atoms with Crippen LogP contribution in [0.25, 0.3) is 0 Å². The predicted octanol–water partition coefficient (Wildman–Crippen LogP) is 4.96. The molecule has 0 aliphatic rings. The van der Waals surface area contributed by atoms with Crippen LogP contribution in [-0.2, 0) is 0 Å². The average Bonchev–Trinajstić information content (AvgIpc) is 2.45. The highest BCUT2D eigenvalue weighted by Crippen LogP contribution is 2.26. The summed E-state index contributed by atoms with van der Waals surface area (Å²) in [6.45, 7) is 4.30. The van der Waals surface area contributed by atoms with E-state index in [1.54, 1.807) is 0 Å². The second kappa shape index (κ2) is 6.89. The lowest BCUT2D eigenvalue weighted by Gasteiger charge is -2.14. The maximum absolute atomic E-state index is 4.77. The molecule has 0 saturated carbocycles. The quantitative estimate of drug-likeness (QED) is 0.666. The minimum atomic E-state index is 0.118. The first kappa shape index (κ1) is 13.5. The van der Waals surface area contributed by atoms with Gasteiger partial charge in [0.1, 0.15) is 0 Å². The second-order valence-corrected chi connectivity index (χ2v) is 4.85. The maximum Gasteiger partial charge on any atom is 0.0995 e. The third-order valence-electron chi connectivity index (χ3n) is 3.15. The second-order valence-electron chi connectivity index (χ2n) is 4.85. The monoisotopic (exact) mass is 251 g/mol. The van der Waals surface area contributed by atoms with Crippen molar-refractivity contribution >= 4 is 6.21 Å². The van der Waals surface area contributed by atoms with Gasteiger partial charge in [0.15, 0.2) is 0 Å². The molecule has 0 bridgehead atoms. The van der Waals surface area contributed by atoms with Crippen molar-refractivity contribution in [2.75, 3.05) is 0 Å². The van der Waals surface area contributed by atoms with E-state index in [1.165, 1.54) is 16.7 Å². The van der Waals surface area contributed by atoms with Gasteiger partial charge in [-0.3, -0.25) is 4.99 Å². The minimum Gasteiger partial charge on any atom is -0.285 e. The number of hydrogen-bond acceptors (Lipinski definition) is 1. The lowest BCUT2D eigenvalue weighted by Crippen LogP contribution is -1.99. The summed E-state index contributed by atoms with van der Waals surface area (Å²) in [7, 11) is 0. The number of benzene rings is 2. The van der Waals surface area contributed by atoms with Gasteiger partial charge in [0, 0.05) is 0 Å². The Morgan fingerprint density at radius 2 is 1.74 bits per heavy atom. The van der Waals surface area contributed by atoms with Crippen molar-refractivity contribution in [2.24, 2.45) is 4.99 Å². The summed E-state index contributed by atoms with van der Waals surface area (Å²) in [5.74, 6) is 0. The van der Waals surface area contributed by atoms with Gasteiger partial charge in [-0.1, -0.05) is 73.5 Å². The Hall–Kier alpha value is -1.89. The molecule has 1 unspecified atom stereocenters. The number of unbranched alkanes of at least 4 members (excludes halogenated alkanes) is 1. The van der Waals surface area contributed by atoms with E-state index < -0.39 is 0 Å². The standard InChI is InChI=1S/C18H21N/c1-3-4-13-19-18(16-10-6-5-7-11-16)17-12-8-9-15(2)14-17/h5-14,18H,3-4H2,1-2H3. The number of nitrogens with zero attached hydrogens (tertiary/aromatic N) is 1. The van der Waals surface area contributed by atoms with Crippen LogP contribution in [0.15, 0.2) is 59.6 Å². The van der Waals surface area contributed by atoms with Gasteiger partial charge >= 0.3 is 0 Å². The molecule has 0 saturated heterocycles. The van der Waals surface area contributed by atoms with E-state index in [0.717, 1.165) is 12.8 Å². The summed E-state index contributed by atoms with van der Waals surface area (Å²) >= 11 is 0. The van der Waals surface area contributed by atoms with E-state index >= 15 is 0 Å². The van der Waals surface area contributed by atoms with Gasteiger partial charge in [-0.05, 0) is 30.7 Å². The minimum absolute atomic E-state index is 0.118. The molecule has 2 aromatic carbocycles. The Bertz CT molecular complexity index is 528. The molecule has 0 fully saturated rings. The van der Waals surface area contributed by atoms with E-state index in [4.69, 9.17) is 4.99 Å². The Balaban J connectivity index is 2.34. The van der Waals surface area contributed by atoms with Crippen LogP contribution in [0.4, 0.5) is 0 Å². The largest absolute Gasteiger partial charge is 0.285 e. The molecule has 0 radical (unpaired) electrons. The van der Waals surface area contributed by atoms with Gasteiger partial charge < -0.3 is 0 Å². The molecule has 1 atom stereocenters. The van der Waals surface area contributed by atoms with Gasteiger partial charge in [-0.2, -0.15) is 0 Å². The zero-order valence-corrected chi connectivity index (χ0v) is 11.7. The van der Waals surface area contributed by atoms with Gasteiger partial charge in [0.25, 0.3) is 0 Å². The van der Waals surface area contributed by atoms with Crippen LogP contribution < -0.4 is 0 Å². The van der Waals surface area contributed by atoms with Crippen LogP contribution in [0.3, 0.4) is 0 Å². The molecular formula is C18H21N. The van der Waals surface area contributed by atoms with Crippen LogP contribution >= 0.6 is 0 Å². The van der Waals surface area contributed by atoms with Crippen LogP contribution in [0.1, 0.15) is 42.5 Å². The van der Waals surface area contributed by atoms with Gasteiger partial charge in [-0.15, -0.1) is 0 Å². The summed E-state index contributed by atoms with van der Waals surface area (Å²) in [6.07, 6.45) is 4.23. The predicted molar refractivity (Wildman–Crippen MR) is 82.9 cm³/mol. The number of aryl methyl sites for hydroxylation is 1. The van der Waals surface area contributed by atoms with Crippen molar-refractivity contribution in [2.45, 2.75) is 32.7 Å². The summed E-state index contributed by atoms with van der Waals surface area (Å²) in [4.78, 5) is 4.77. The lowest BCUT2D eigenvalue weighted by atomic mass is 9.98. The molecule has 1 heteroatoms. The molecule has 0 heterocycles. The molecule has 0 amide bonds. The van der Waals surface area contributed by atoms with Gasteiger partial charge in [0.2, 0.25) is 0 Å². The Labute approximate surface area is 116 Å². The highest BCUT2D eigenvalue weighted by atomic mass is 14.8. The number of aliphatic imine (C=N–C) groups is 1. The lowest BCUT2D eigenvalue weighted by molar-refractivity contribution is 0.864. The van der Waals surface area contributed by atoms with E-state index in [9.17, 15) is 0 Å². The van der Waals surface area contributed by atoms with Crippen molar-refractivity contribution in [1.29, 1.82) is 0 Å². The first-order chi connectivity index (χ1) is 9.31. The van der Waals surface area contributed by atoms with Crippen LogP contribution in [0, 0.1) is 6.92 Å². The highest BCUT2D eigenvalue weighted by Gasteiger charge is 2.11. The van der Waals surface area contributed by atoms with Crippen LogP contribution in [-0.4, -0.2) is 6.21 Å². The Morgan fingerprint density at radius 1 is 1.00 bits per heavy atom. The topological polar surface area (TPSA) is 12.4 Å². The van der Waals surface area contributed by atoms with E-state index in [2.05, 4.69) is 68.6 Å². The van der Waals surface area contributed by atoms with Crippen molar-refractivity contribution in [3.05, 3.63) is 71.3 Å². The zero-order valence-electron chi connectivity index (χ0n) is 11.7. The van der Waals surface area contributed by atoms with Crippen LogP contribution in [0.2, 0.25) is 0 Å². The fourth-order valence-electron chi connectivity index (χ4n) is 2.15. The maximum atomic E-state index is 4.77. The van der Waals surface area contributed by atoms with E-state index in [0.29, 0.717) is 0 Å². The molecule has 2 aromatic rings. The summed E-state index contributed by atoms with van der Waals surface area (Å²) in [5.41, 5.74) is 3.79. The Kier molecular flexibility index (Phi) is 4.91. The van der Waals surface area contributed by atoms with Gasteiger partial charge in [-0.25, -0.2) is 0 Å². The molecule has 0 aliphatic carbocycles. The van der Waals surface area contributed by atoms with E-state index in [-0.39, 0.29) is 6.04 Å². The molecule has 0 N–H and O–H groups in total. The molecule has 98 valence electrons. The third kappa shape index (κ3) is 3.78. The summed E-state index contributed by atoms with van der Waals surface area (Å²) in [5, 5.41) is 0. The highest BCUT2D eigenvalue weighted by molar-refractivity contribution is 5.58. The normalized spacial score (nSPS) is 12.7. The smallest absolute Gasteiger partial charge is 0.0995 e. The van der Waals surface area contributed by atoms with Crippen molar-refractivity contribution in [3.63, 3.8) is 0 Å². The molecule has 0 aliphatic heterocycles. The van der Waals surface area contributed by atoms with Crippen molar-refractivity contribution < 1.29 is 0 Å². The van der Waals surface area contributed by atoms with Crippen LogP contribution in [0.5, 0.6) is 0 Å². The summed E-state index contributed by atoms with van der Waals surface area (Å²) < 4.78 is 0. The third-order valence-corrected chi connectivity index (χ3v) is 3.15. The van der Waals surface area contributed by atoms with Crippen molar-refractivity contribution in [1.82, 2.24) is 0 Å². The molecule has 0 spiro atoms. The molecule has 2 rings (SSSR count). The first-order valence-electron chi connectivity index (χ1n) is 6.94. The zero-order chi connectivity index (χ0) is 13.5. The van der Waals surface area contributed by atoms with E-state index in [1.807, 2.05) is 6.07 Å². The molecule has 19 heavy (non-hydrogen) atoms. The number of rotatable bonds is 5. The fraction of sp³-hybridized carbons (Fsp3) is 0.278. The molecule has 1 nitrogen and oxygen atoms in total. The molecular weight excluding hydrogens is 230 g/mol. The van der Waals surface area contributed by atoms with Crippen molar-refractivity contribution in [3.8, 4) is 0 Å². The van der Waals surface area contributed by atoms with Gasteiger partial charge in [0.05, 0.1) is 6.04 Å². The SMILES string of the molecule is CCCC=NC(c1ccccc1)c1cccc(C)c1.